The number of nitrogen functional groups attached to an aromatic ring is 1. The molecule has 4 heteroatoms. The van der Waals surface area contributed by atoms with Crippen LogP contribution < -0.4 is 10.5 Å². The summed E-state index contributed by atoms with van der Waals surface area (Å²) in [6, 6.07) is 13.1. The van der Waals surface area contributed by atoms with E-state index in [0.717, 1.165) is 20.6 Å². The van der Waals surface area contributed by atoms with Gasteiger partial charge in [-0.3, -0.25) is 4.79 Å². The van der Waals surface area contributed by atoms with Gasteiger partial charge in [0.25, 0.3) is 0 Å². The van der Waals surface area contributed by atoms with Gasteiger partial charge in [0.2, 0.25) is 0 Å². The Hall–Kier alpha value is -1.56. The van der Waals surface area contributed by atoms with E-state index in [9.17, 15) is 4.79 Å². The average Bonchev–Trinajstić information content (AvgIpc) is 2.37. The van der Waals surface area contributed by atoms with Gasteiger partial charge in [-0.25, -0.2) is 0 Å². The van der Waals surface area contributed by atoms with Gasteiger partial charge in [-0.15, -0.1) is 0 Å². The molecule has 2 aromatic rings. The smallest absolute Gasteiger partial charge is 0.160 e. The van der Waals surface area contributed by atoms with Gasteiger partial charge >= 0.3 is 0 Å². The lowest BCUT2D eigenvalue weighted by Crippen LogP contribution is -2.01. The number of halogens is 1. The molecule has 0 bridgehead atoms. The van der Waals surface area contributed by atoms with Gasteiger partial charge < -0.3 is 10.5 Å². The lowest BCUT2D eigenvalue weighted by atomic mass is 10.1. The van der Waals surface area contributed by atoms with Crippen molar-refractivity contribution < 1.29 is 9.53 Å². The van der Waals surface area contributed by atoms with E-state index in [1.165, 1.54) is 0 Å². The van der Waals surface area contributed by atoms with Crippen molar-refractivity contribution in [2.75, 3.05) is 5.73 Å². The van der Waals surface area contributed by atoms with Crippen LogP contribution in [0.15, 0.2) is 42.5 Å². The minimum atomic E-state index is 0.0586. The number of Topliss-reactive ketones (excluding diaryl/α,β-unsaturated/α-hetero) is 1. The Morgan fingerprint density at radius 3 is 2.63 bits per heavy atom. The summed E-state index contributed by atoms with van der Waals surface area (Å²) in [6.45, 7) is 1.98. The molecule has 0 spiro atoms. The fraction of sp³-hybridized carbons (Fsp3) is 0.133. The third-order valence-electron chi connectivity index (χ3n) is 2.77. The van der Waals surface area contributed by atoms with Gasteiger partial charge in [-0.05, 0) is 53.8 Å². The minimum absolute atomic E-state index is 0.0586. The summed E-state index contributed by atoms with van der Waals surface area (Å²) < 4.78 is 6.58. The number of ether oxygens (including phenoxy) is 1. The van der Waals surface area contributed by atoms with E-state index in [2.05, 4.69) is 22.6 Å². The molecule has 0 saturated carbocycles. The van der Waals surface area contributed by atoms with Crippen molar-refractivity contribution >= 4 is 34.1 Å². The highest BCUT2D eigenvalue weighted by atomic mass is 127. The van der Waals surface area contributed by atoms with Crippen molar-refractivity contribution in [2.45, 2.75) is 13.5 Å². The molecule has 0 unspecified atom stereocenters. The zero-order valence-electron chi connectivity index (χ0n) is 10.5. The molecule has 0 fully saturated rings. The lowest BCUT2D eigenvalue weighted by molar-refractivity contribution is 0.101. The van der Waals surface area contributed by atoms with E-state index in [-0.39, 0.29) is 5.78 Å². The molecule has 0 aliphatic heterocycles. The van der Waals surface area contributed by atoms with Crippen LogP contribution in [0.3, 0.4) is 0 Å². The predicted molar refractivity (Wildman–Crippen MR) is 84.3 cm³/mol. The molecule has 0 amide bonds. The first-order valence-electron chi connectivity index (χ1n) is 5.84. The van der Waals surface area contributed by atoms with Gasteiger partial charge in [0.05, 0.1) is 0 Å². The highest BCUT2D eigenvalue weighted by molar-refractivity contribution is 14.1. The molecule has 0 atom stereocenters. The Morgan fingerprint density at radius 1 is 1.26 bits per heavy atom. The number of hydrogen-bond acceptors (Lipinski definition) is 3. The largest absolute Gasteiger partial charge is 0.489 e. The van der Waals surface area contributed by atoms with Crippen LogP contribution >= 0.6 is 22.6 Å². The molecule has 2 aromatic carbocycles. The van der Waals surface area contributed by atoms with Crippen molar-refractivity contribution in [3.63, 3.8) is 0 Å². The van der Waals surface area contributed by atoms with Crippen LogP contribution in [0.1, 0.15) is 22.8 Å². The summed E-state index contributed by atoms with van der Waals surface area (Å²) in [5, 5.41) is 0. The van der Waals surface area contributed by atoms with Crippen molar-refractivity contribution in [3.05, 3.63) is 57.2 Å². The summed E-state index contributed by atoms with van der Waals surface area (Å²) in [4.78, 5) is 11.3. The molecule has 0 radical (unpaired) electrons. The van der Waals surface area contributed by atoms with Crippen LogP contribution in [0.25, 0.3) is 0 Å². The van der Waals surface area contributed by atoms with Crippen molar-refractivity contribution in [3.8, 4) is 5.75 Å². The second kappa shape index (κ2) is 6.06. The Bertz CT molecular complexity index is 611. The highest BCUT2D eigenvalue weighted by Gasteiger charge is 2.07. The van der Waals surface area contributed by atoms with Crippen molar-refractivity contribution in [2.24, 2.45) is 0 Å². The van der Waals surface area contributed by atoms with Gasteiger partial charge in [0.1, 0.15) is 12.4 Å². The van der Waals surface area contributed by atoms with Crippen LogP contribution in [-0.4, -0.2) is 5.78 Å². The zero-order valence-corrected chi connectivity index (χ0v) is 12.7. The molecular formula is C15H14INO2. The molecule has 2 rings (SSSR count). The Labute approximate surface area is 125 Å². The number of rotatable bonds is 4. The topological polar surface area (TPSA) is 52.3 Å². The third-order valence-corrected chi connectivity index (χ3v) is 3.66. The van der Waals surface area contributed by atoms with Crippen LogP contribution in [0.2, 0.25) is 0 Å². The van der Waals surface area contributed by atoms with E-state index >= 15 is 0 Å². The number of carbonyl (C=O) groups is 1. The van der Waals surface area contributed by atoms with Crippen LogP contribution in [-0.2, 0) is 6.61 Å². The number of para-hydroxylation sites is 1. The van der Waals surface area contributed by atoms with E-state index in [1.807, 2.05) is 30.3 Å². The quantitative estimate of drug-likeness (QED) is 0.510. The second-order valence-electron chi connectivity index (χ2n) is 4.19. The Balaban J connectivity index is 2.11. The predicted octanol–water partition coefficient (Wildman–Crippen LogP) is 3.66. The molecule has 3 nitrogen and oxygen atoms in total. The number of nitrogens with two attached hydrogens (primary N) is 1. The SMILES string of the molecule is CC(=O)c1ccc(OCc2ccccc2N)cc1I. The van der Waals surface area contributed by atoms with Crippen molar-refractivity contribution in [1.29, 1.82) is 0 Å². The molecule has 19 heavy (non-hydrogen) atoms. The maximum Gasteiger partial charge on any atom is 0.160 e. The molecule has 2 N–H and O–H groups in total. The van der Waals surface area contributed by atoms with Crippen LogP contribution in [0, 0.1) is 3.57 Å². The first kappa shape index (κ1) is 13.9. The summed E-state index contributed by atoms with van der Waals surface area (Å²) in [5.74, 6) is 0.793. The normalized spacial score (nSPS) is 10.2. The number of benzene rings is 2. The van der Waals surface area contributed by atoms with Crippen LogP contribution in [0.5, 0.6) is 5.75 Å². The number of anilines is 1. The summed E-state index contributed by atoms with van der Waals surface area (Å²) in [7, 11) is 0. The standard InChI is InChI=1S/C15H14INO2/c1-10(18)13-7-6-12(8-14(13)16)19-9-11-4-2-3-5-15(11)17/h2-8H,9,17H2,1H3. The molecule has 0 heterocycles. The maximum atomic E-state index is 11.3. The monoisotopic (exact) mass is 367 g/mol. The highest BCUT2D eigenvalue weighted by Crippen LogP contribution is 2.22. The number of hydrogen-bond donors (Lipinski definition) is 1. The van der Waals surface area contributed by atoms with Crippen LogP contribution in [0.4, 0.5) is 5.69 Å². The molecule has 0 aliphatic rings. The molecule has 0 saturated heterocycles. The second-order valence-corrected chi connectivity index (χ2v) is 5.35. The Morgan fingerprint density at radius 2 is 2.00 bits per heavy atom. The van der Waals surface area contributed by atoms with Gasteiger partial charge in [0.15, 0.2) is 5.78 Å². The third kappa shape index (κ3) is 3.47. The molecule has 98 valence electrons. The van der Waals surface area contributed by atoms with E-state index in [4.69, 9.17) is 10.5 Å². The van der Waals surface area contributed by atoms with Gasteiger partial charge in [0, 0.05) is 20.4 Å². The fourth-order valence-electron chi connectivity index (χ4n) is 1.70. The van der Waals surface area contributed by atoms with E-state index in [0.29, 0.717) is 12.2 Å². The molecule has 0 aliphatic carbocycles. The van der Waals surface area contributed by atoms with Crippen molar-refractivity contribution in [1.82, 2.24) is 0 Å². The van der Waals surface area contributed by atoms with E-state index < -0.39 is 0 Å². The Kier molecular flexibility index (Phi) is 4.42. The molecular weight excluding hydrogens is 353 g/mol. The first-order chi connectivity index (χ1) is 9.08. The summed E-state index contributed by atoms with van der Waals surface area (Å²) in [6.07, 6.45) is 0. The fourth-order valence-corrected chi connectivity index (χ4v) is 2.56. The summed E-state index contributed by atoms with van der Waals surface area (Å²) >= 11 is 2.14. The average molecular weight is 367 g/mol. The summed E-state index contributed by atoms with van der Waals surface area (Å²) in [5.41, 5.74) is 8.24. The van der Waals surface area contributed by atoms with Gasteiger partial charge in [-0.1, -0.05) is 18.2 Å². The zero-order chi connectivity index (χ0) is 13.8. The van der Waals surface area contributed by atoms with Gasteiger partial charge in [-0.2, -0.15) is 0 Å². The van der Waals surface area contributed by atoms with E-state index in [1.54, 1.807) is 19.1 Å². The maximum absolute atomic E-state index is 11.3. The minimum Gasteiger partial charge on any atom is -0.489 e. The lowest BCUT2D eigenvalue weighted by Gasteiger charge is -2.09. The number of carbonyl (C=O) groups excluding carboxylic acids is 1. The first-order valence-corrected chi connectivity index (χ1v) is 6.92. The molecule has 0 aromatic heterocycles. The number of ketones is 1.